The lowest BCUT2D eigenvalue weighted by atomic mass is 10.1. The topological polar surface area (TPSA) is 17.1 Å². The van der Waals surface area contributed by atoms with Gasteiger partial charge in [-0.15, -0.1) is 0 Å². The van der Waals surface area contributed by atoms with Gasteiger partial charge in [0.1, 0.15) is 0 Å². The van der Waals surface area contributed by atoms with E-state index in [0.29, 0.717) is 6.42 Å². The molecule has 1 nitrogen and oxygen atoms in total. The Bertz CT molecular complexity index is 583. The Balaban J connectivity index is 2.02. The van der Waals surface area contributed by atoms with Crippen LogP contribution in [0, 0.1) is 18.8 Å². The minimum absolute atomic E-state index is 0.0539. The van der Waals surface area contributed by atoms with Gasteiger partial charge in [0.25, 0.3) is 0 Å². The average Bonchev–Trinajstić information content (AvgIpc) is 2.39. The molecule has 1 heteroatoms. The molecule has 0 fully saturated rings. The molecule has 0 saturated heterocycles. The van der Waals surface area contributed by atoms with Crippen molar-refractivity contribution in [3.05, 3.63) is 71.3 Å². The van der Waals surface area contributed by atoms with Gasteiger partial charge in [0, 0.05) is 12.0 Å². The number of aryl methyl sites for hydroxylation is 1. The molecule has 0 radical (unpaired) electrons. The third-order valence-corrected chi connectivity index (χ3v) is 2.61. The third kappa shape index (κ3) is 3.61. The van der Waals surface area contributed by atoms with E-state index in [2.05, 4.69) is 11.8 Å². The molecule has 2 aromatic rings. The van der Waals surface area contributed by atoms with Gasteiger partial charge in [-0.1, -0.05) is 53.9 Å². The van der Waals surface area contributed by atoms with Crippen LogP contribution >= 0.6 is 0 Å². The van der Waals surface area contributed by atoms with Crippen LogP contribution in [0.1, 0.15) is 16.7 Å². The van der Waals surface area contributed by atoms with E-state index in [4.69, 9.17) is 0 Å². The van der Waals surface area contributed by atoms with Crippen molar-refractivity contribution in [3.63, 3.8) is 0 Å². The zero-order valence-electron chi connectivity index (χ0n) is 10.3. The zero-order chi connectivity index (χ0) is 12.8. The van der Waals surface area contributed by atoms with Crippen molar-refractivity contribution in [2.75, 3.05) is 0 Å². The van der Waals surface area contributed by atoms with Crippen LogP contribution in [0.25, 0.3) is 0 Å². The Labute approximate surface area is 107 Å². The van der Waals surface area contributed by atoms with Crippen LogP contribution in [0.2, 0.25) is 0 Å². The molecule has 0 amide bonds. The van der Waals surface area contributed by atoms with Crippen molar-refractivity contribution in [3.8, 4) is 11.8 Å². The fourth-order valence-corrected chi connectivity index (χ4v) is 1.60. The second-order valence-electron chi connectivity index (χ2n) is 4.20. The standard InChI is InChI=1S/C17H14O/c1-14-7-9-15(10-8-14)11-12-17(18)13-16-5-3-2-4-6-16/h2-10H,13H2,1H3. The van der Waals surface area contributed by atoms with E-state index in [-0.39, 0.29) is 5.78 Å². The summed E-state index contributed by atoms with van der Waals surface area (Å²) in [5, 5.41) is 0. The smallest absolute Gasteiger partial charge is 0.210 e. The van der Waals surface area contributed by atoms with Crippen LogP contribution in [0.4, 0.5) is 0 Å². The van der Waals surface area contributed by atoms with Crippen molar-refractivity contribution >= 4 is 5.78 Å². The highest BCUT2D eigenvalue weighted by Gasteiger charge is 1.98. The molecule has 0 saturated carbocycles. The van der Waals surface area contributed by atoms with Crippen LogP contribution < -0.4 is 0 Å². The maximum absolute atomic E-state index is 11.7. The second kappa shape index (κ2) is 5.84. The van der Waals surface area contributed by atoms with E-state index in [9.17, 15) is 4.79 Å². The van der Waals surface area contributed by atoms with E-state index in [0.717, 1.165) is 11.1 Å². The highest BCUT2D eigenvalue weighted by atomic mass is 16.1. The molecule has 0 heterocycles. The number of carbonyl (C=O) groups excluding carboxylic acids is 1. The minimum atomic E-state index is -0.0539. The summed E-state index contributed by atoms with van der Waals surface area (Å²) in [5.41, 5.74) is 3.07. The highest BCUT2D eigenvalue weighted by Crippen LogP contribution is 2.02. The Morgan fingerprint density at radius 1 is 1.00 bits per heavy atom. The van der Waals surface area contributed by atoms with Gasteiger partial charge in [-0.2, -0.15) is 0 Å². The van der Waals surface area contributed by atoms with Crippen LogP contribution in [-0.4, -0.2) is 5.78 Å². The Hall–Kier alpha value is -2.33. The van der Waals surface area contributed by atoms with Crippen molar-refractivity contribution in [1.29, 1.82) is 0 Å². The summed E-state index contributed by atoms with van der Waals surface area (Å²) in [6.07, 6.45) is 0.375. The number of Topliss-reactive ketones (excluding diaryl/α,β-unsaturated/α-hetero) is 1. The normalized spacial score (nSPS) is 9.39. The van der Waals surface area contributed by atoms with Crippen LogP contribution in [0.15, 0.2) is 54.6 Å². The van der Waals surface area contributed by atoms with E-state index in [1.165, 1.54) is 5.56 Å². The molecule has 0 aliphatic carbocycles. The summed E-state index contributed by atoms with van der Waals surface area (Å²) in [4.78, 5) is 11.7. The first kappa shape index (κ1) is 12.1. The number of hydrogen-bond donors (Lipinski definition) is 0. The van der Waals surface area contributed by atoms with Gasteiger partial charge in [-0.3, -0.25) is 4.79 Å². The largest absolute Gasteiger partial charge is 0.285 e. The van der Waals surface area contributed by atoms with Crippen LogP contribution in [-0.2, 0) is 11.2 Å². The molecule has 0 aliphatic rings. The van der Waals surface area contributed by atoms with Gasteiger partial charge >= 0.3 is 0 Å². The number of benzene rings is 2. The monoisotopic (exact) mass is 234 g/mol. The van der Waals surface area contributed by atoms with E-state index < -0.39 is 0 Å². The zero-order valence-corrected chi connectivity index (χ0v) is 10.3. The summed E-state index contributed by atoms with van der Waals surface area (Å²) in [6.45, 7) is 2.03. The van der Waals surface area contributed by atoms with Crippen molar-refractivity contribution in [1.82, 2.24) is 0 Å². The molecule has 0 aromatic heterocycles. The lowest BCUT2D eigenvalue weighted by molar-refractivity contribution is -0.113. The molecule has 0 bridgehead atoms. The van der Waals surface area contributed by atoms with E-state index >= 15 is 0 Å². The predicted octanol–water partition coefficient (Wildman–Crippen LogP) is 3.16. The number of carbonyl (C=O) groups is 1. The summed E-state index contributed by atoms with van der Waals surface area (Å²) >= 11 is 0. The minimum Gasteiger partial charge on any atom is -0.285 e. The van der Waals surface area contributed by atoms with Gasteiger partial charge in [0.2, 0.25) is 5.78 Å². The van der Waals surface area contributed by atoms with Crippen LogP contribution in [0.5, 0.6) is 0 Å². The van der Waals surface area contributed by atoms with E-state index in [1.54, 1.807) is 0 Å². The predicted molar refractivity (Wildman–Crippen MR) is 73.2 cm³/mol. The molecule has 18 heavy (non-hydrogen) atoms. The molecule has 2 aromatic carbocycles. The third-order valence-electron chi connectivity index (χ3n) is 2.61. The fourth-order valence-electron chi connectivity index (χ4n) is 1.60. The molecular weight excluding hydrogens is 220 g/mol. The molecule has 88 valence electrons. The summed E-state index contributed by atoms with van der Waals surface area (Å²) in [5.74, 6) is 5.52. The SMILES string of the molecule is Cc1ccc(C#CC(=O)Cc2ccccc2)cc1. The lowest BCUT2D eigenvalue weighted by Gasteiger charge is -1.94. The number of ketones is 1. The summed E-state index contributed by atoms with van der Waals surface area (Å²) in [6, 6.07) is 17.5. The molecular formula is C17H14O. The lowest BCUT2D eigenvalue weighted by Crippen LogP contribution is -1.98. The number of hydrogen-bond acceptors (Lipinski definition) is 1. The maximum atomic E-state index is 11.7. The molecule has 0 unspecified atom stereocenters. The second-order valence-corrected chi connectivity index (χ2v) is 4.20. The average molecular weight is 234 g/mol. The van der Waals surface area contributed by atoms with Crippen molar-refractivity contribution in [2.24, 2.45) is 0 Å². The Morgan fingerprint density at radius 2 is 1.67 bits per heavy atom. The molecule has 0 aliphatic heterocycles. The Morgan fingerprint density at radius 3 is 2.33 bits per heavy atom. The molecule has 0 spiro atoms. The quantitative estimate of drug-likeness (QED) is 0.729. The maximum Gasteiger partial charge on any atom is 0.210 e. The molecule has 0 atom stereocenters. The molecule has 0 N–H and O–H groups in total. The van der Waals surface area contributed by atoms with Gasteiger partial charge in [-0.05, 0) is 30.5 Å². The first-order valence-electron chi connectivity index (χ1n) is 5.89. The van der Waals surface area contributed by atoms with Crippen LogP contribution in [0.3, 0.4) is 0 Å². The van der Waals surface area contributed by atoms with E-state index in [1.807, 2.05) is 61.5 Å². The van der Waals surface area contributed by atoms with Crippen molar-refractivity contribution in [2.45, 2.75) is 13.3 Å². The summed E-state index contributed by atoms with van der Waals surface area (Å²) in [7, 11) is 0. The first-order chi connectivity index (χ1) is 8.74. The molecule has 2 rings (SSSR count). The highest BCUT2D eigenvalue weighted by molar-refractivity contribution is 5.97. The van der Waals surface area contributed by atoms with Gasteiger partial charge in [0.05, 0.1) is 0 Å². The fraction of sp³-hybridized carbons (Fsp3) is 0.118. The number of rotatable bonds is 2. The van der Waals surface area contributed by atoms with Gasteiger partial charge < -0.3 is 0 Å². The first-order valence-corrected chi connectivity index (χ1v) is 5.89. The summed E-state index contributed by atoms with van der Waals surface area (Å²) < 4.78 is 0. The van der Waals surface area contributed by atoms with Crippen molar-refractivity contribution < 1.29 is 4.79 Å². The van der Waals surface area contributed by atoms with Gasteiger partial charge in [-0.25, -0.2) is 0 Å². The Kier molecular flexibility index (Phi) is 3.94. The van der Waals surface area contributed by atoms with Gasteiger partial charge in [0.15, 0.2) is 0 Å².